The highest BCUT2D eigenvalue weighted by Gasteiger charge is 2.27. The fourth-order valence-corrected chi connectivity index (χ4v) is 2.67. The van der Waals surface area contributed by atoms with Crippen molar-refractivity contribution in [3.63, 3.8) is 0 Å². The summed E-state index contributed by atoms with van der Waals surface area (Å²) in [6.45, 7) is 0. The van der Waals surface area contributed by atoms with E-state index in [-0.39, 0.29) is 5.97 Å². The Labute approximate surface area is 90.5 Å². The van der Waals surface area contributed by atoms with Crippen LogP contribution in [0.25, 0.3) is 0 Å². The third-order valence-electron chi connectivity index (χ3n) is 1.59. The molecular weight excluding hydrogens is 302 g/mol. The summed E-state index contributed by atoms with van der Waals surface area (Å²) in [5.74, 6) is 0.367. The molecule has 1 heterocycles. The second-order valence-corrected chi connectivity index (χ2v) is 5.73. The molecule has 1 aromatic rings. The zero-order chi connectivity index (χ0) is 9.26. The quantitative estimate of drug-likeness (QED) is 0.454. The third-order valence-corrected chi connectivity index (χ3v) is 4.23. The van der Waals surface area contributed by atoms with Crippen molar-refractivity contribution < 1.29 is 13.8 Å². The Bertz CT molecular complexity index is 342. The van der Waals surface area contributed by atoms with Crippen LogP contribution in [0.3, 0.4) is 0 Å². The molecule has 1 aliphatic rings. The normalized spacial score (nSPS) is 20.1. The SMILES string of the molecule is O=C1OP(CI)Oc2ccccc21. The highest BCUT2D eigenvalue weighted by molar-refractivity contribution is 14.1. The molecular formula is C8H6IO3P. The van der Waals surface area contributed by atoms with Gasteiger partial charge in [-0.25, -0.2) is 4.79 Å². The van der Waals surface area contributed by atoms with Gasteiger partial charge in [0.25, 0.3) is 0 Å². The molecule has 0 saturated heterocycles. The van der Waals surface area contributed by atoms with Gasteiger partial charge in [-0.1, -0.05) is 34.7 Å². The Morgan fingerprint density at radius 2 is 2.08 bits per heavy atom. The van der Waals surface area contributed by atoms with Crippen molar-refractivity contribution in [1.29, 1.82) is 0 Å². The molecule has 0 N–H and O–H groups in total. The van der Waals surface area contributed by atoms with Crippen molar-refractivity contribution in [3.8, 4) is 5.75 Å². The van der Waals surface area contributed by atoms with Gasteiger partial charge in [0.15, 0.2) is 0 Å². The maximum absolute atomic E-state index is 11.4. The van der Waals surface area contributed by atoms with E-state index < -0.39 is 8.38 Å². The van der Waals surface area contributed by atoms with E-state index in [0.29, 0.717) is 15.5 Å². The first-order valence-corrected chi connectivity index (χ1v) is 6.53. The number of rotatable bonds is 1. The third kappa shape index (κ3) is 1.79. The molecule has 0 fully saturated rings. The molecule has 0 bridgehead atoms. The number of hydrogen-bond donors (Lipinski definition) is 0. The summed E-state index contributed by atoms with van der Waals surface area (Å²) in [5.41, 5.74) is 0.520. The average Bonchev–Trinajstić information content (AvgIpc) is 2.18. The molecule has 1 atom stereocenters. The summed E-state index contributed by atoms with van der Waals surface area (Å²) in [4.78, 5) is 11.4. The molecule has 1 aromatic carbocycles. The summed E-state index contributed by atoms with van der Waals surface area (Å²) in [6.07, 6.45) is 0. The molecule has 0 amide bonds. The minimum Gasteiger partial charge on any atom is -0.437 e. The van der Waals surface area contributed by atoms with Crippen LogP contribution < -0.4 is 4.52 Å². The summed E-state index contributed by atoms with van der Waals surface area (Å²) in [6, 6.07) is 7.13. The van der Waals surface area contributed by atoms with Gasteiger partial charge in [0.2, 0.25) is 0 Å². The average molecular weight is 308 g/mol. The predicted molar refractivity (Wildman–Crippen MR) is 58.3 cm³/mol. The van der Waals surface area contributed by atoms with Crippen LogP contribution in [0.1, 0.15) is 10.4 Å². The Hall–Kier alpha value is -0.350. The first kappa shape index (κ1) is 9.21. The van der Waals surface area contributed by atoms with Crippen molar-refractivity contribution in [2.45, 2.75) is 0 Å². The lowest BCUT2D eigenvalue weighted by Gasteiger charge is -2.22. The van der Waals surface area contributed by atoms with Crippen LogP contribution in [0.5, 0.6) is 5.75 Å². The van der Waals surface area contributed by atoms with Crippen molar-refractivity contribution in [1.82, 2.24) is 0 Å². The van der Waals surface area contributed by atoms with E-state index >= 15 is 0 Å². The molecule has 1 aliphatic heterocycles. The topological polar surface area (TPSA) is 35.5 Å². The standard InChI is InChI=1S/C8H6IO3P/c9-5-13-11-7-4-2-1-3-6(7)8(10)12-13/h1-4H,5H2. The molecule has 3 nitrogen and oxygen atoms in total. The van der Waals surface area contributed by atoms with Gasteiger partial charge >= 0.3 is 14.3 Å². The number of halogens is 1. The van der Waals surface area contributed by atoms with Crippen LogP contribution in [0, 0.1) is 0 Å². The number of hydrogen-bond acceptors (Lipinski definition) is 3. The molecule has 1 unspecified atom stereocenters. The minimum absolute atomic E-state index is 0.273. The second kappa shape index (κ2) is 3.80. The van der Waals surface area contributed by atoms with Gasteiger partial charge in [-0.05, 0) is 12.1 Å². The maximum atomic E-state index is 11.4. The lowest BCUT2D eigenvalue weighted by Crippen LogP contribution is -2.11. The van der Waals surface area contributed by atoms with Crippen molar-refractivity contribution in [3.05, 3.63) is 29.8 Å². The van der Waals surface area contributed by atoms with Crippen LogP contribution in [-0.2, 0) is 4.52 Å². The molecule has 0 aromatic heterocycles. The van der Waals surface area contributed by atoms with Crippen LogP contribution in [0.15, 0.2) is 24.3 Å². The van der Waals surface area contributed by atoms with E-state index in [1.54, 1.807) is 18.2 Å². The van der Waals surface area contributed by atoms with Gasteiger partial charge < -0.3 is 9.05 Å². The van der Waals surface area contributed by atoms with Crippen LogP contribution in [-0.4, -0.2) is 10.1 Å². The van der Waals surface area contributed by atoms with Gasteiger partial charge in [0.1, 0.15) is 11.3 Å². The molecule has 13 heavy (non-hydrogen) atoms. The van der Waals surface area contributed by atoms with E-state index in [2.05, 4.69) is 22.6 Å². The van der Waals surface area contributed by atoms with Gasteiger partial charge in [-0.3, -0.25) is 0 Å². The maximum Gasteiger partial charge on any atom is 0.347 e. The zero-order valence-corrected chi connectivity index (χ0v) is 9.62. The number of carbonyl (C=O) groups excluding carboxylic acids is 1. The Kier molecular flexibility index (Phi) is 2.69. The van der Waals surface area contributed by atoms with Gasteiger partial charge in [-0.2, -0.15) is 0 Å². The van der Waals surface area contributed by atoms with Crippen molar-refractivity contribution in [2.75, 3.05) is 4.17 Å². The molecule has 0 radical (unpaired) electrons. The van der Waals surface area contributed by atoms with Crippen LogP contribution in [0.2, 0.25) is 0 Å². The van der Waals surface area contributed by atoms with Gasteiger partial charge in [-0.15, -0.1) is 0 Å². The molecule has 2 rings (SSSR count). The van der Waals surface area contributed by atoms with E-state index in [4.69, 9.17) is 9.05 Å². The fraction of sp³-hybridized carbons (Fsp3) is 0.125. The molecule has 68 valence electrons. The van der Waals surface area contributed by atoms with Crippen LogP contribution in [0.4, 0.5) is 0 Å². The fourth-order valence-electron chi connectivity index (χ4n) is 1.03. The number of alkyl halides is 1. The predicted octanol–water partition coefficient (Wildman–Crippen LogP) is 2.94. The number of benzene rings is 1. The van der Waals surface area contributed by atoms with Gasteiger partial charge in [0, 0.05) is 0 Å². The number of fused-ring (bicyclic) bond motifs is 1. The zero-order valence-electron chi connectivity index (χ0n) is 6.57. The Balaban J connectivity index is 2.37. The lowest BCUT2D eigenvalue weighted by atomic mass is 10.2. The first-order chi connectivity index (χ1) is 6.31. The van der Waals surface area contributed by atoms with E-state index in [9.17, 15) is 4.79 Å². The summed E-state index contributed by atoms with van der Waals surface area (Å²) in [7, 11) is -1.06. The molecule has 0 spiro atoms. The van der Waals surface area contributed by atoms with E-state index in [0.717, 1.165) is 0 Å². The highest BCUT2D eigenvalue weighted by atomic mass is 127. The molecule has 0 aliphatic carbocycles. The highest BCUT2D eigenvalue weighted by Crippen LogP contribution is 2.47. The minimum atomic E-state index is -1.06. The Morgan fingerprint density at radius 1 is 1.31 bits per heavy atom. The van der Waals surface area contributed by atoms with E-state index in [1.807, 2.05) is 6.07 Å². The Morgan fingerprint density at radius 3 is 2.85 bits per heavy atom. The molecule has 5 heteroatoms. The van der Waals surface area contributed by atoms with Gasteiger partial charge in [0.05, 0.1) is 4.17 Å². The largest absolute Gasteiger partial charge is 0.437 e. The second-order valence-electron chi connectivity index (χ2n) is 2.42. The summed E-state index contributed by atoms with van der Waals surface area (Å²) in [5, 5.41) is 0. The summed E-state index contributed by atoms with van der Waals surface area (Å²) < 4.78 is 11.2. The van der Waals surface area contributed by atoms with E-state index in [1.165, 1.54) is 0 Å². The summed E-state index contributed by atoms with van der Waals surface area (Å²) >= 11 is 2.14. The van der Waals surface area contributed by atoms with Crippen molar-refractivity contribution >= 4 is 36.9 Å². The number of para-hydroxylation sites is 1. The smallest absolute Gasteiger partial charge is 0.347 e. The monoisotopic (exact) mass is 308 g/mol. The lowest BCUT2D eigenvalue weighted by molar-refractivity contribution is 0.0723. The van der Waals surface area contributed by atoms with Crippen LogP contribution >= 0.6 is 31.0 Å². The molecule has 0 saturated carbocycles. The van der Waals surface area contributed by atoms with Crippen molar-refractivity contribution in [2.24, 2.45) is 0 Å². The number of carbonyl (C=O) groups is 1. The first-order valence-electron chi connectivity index (χ1n) is 3.64.